The third kappa shape index (κ3) is 6.13. The van der Waals surface area contributed by atoms with Gasteiger partial charge in [0, 0.05) is 34.5 Å². The molecule has 4 aromatic carbocycles. The summed E-state index contributed by atoms with van der Waals surface area (Å²) in [5.41, 5.74) is 10.9. The first-order valence-corrected chi connectivity index (χ1v) is 16.5. The third-order valence-electron chi connectivity index (χ3n) is 9.43. The van der Waals surface area contributed by atoms with Crippen LogP contribution in [0.3, 0.4) is 0 Å². The first kappa shape index (κ1) is 33.4. The van der Waals surface area contributed by atoms with Crippen molar-refractivity contribution in [3.8, 4) is 34.1 Å². The molecule has 0 aliphatic heterocycles. The van der Waals surface area contributed by atoms with Crippen LogP contribution in [0.25, 0.3) is 44.4 Å². The fourth-order valence-electron chi connectivity index (χ4n) is 6.53. The number of pyridine rings is 1. The second kappa shape index (κ2) is 13.6. The number of ether oxygens (including phenoxy) is 1. The number of aromatic nitrogens is 4. The van der Waals surface area contributed by atoms with Crippen molar-refractivity contribution in [2.45, 2.75) is 60.8 Å². The number of fused-ring (bicyclic) bond motifs is 3. The van der Waals surface area contributed by atoms with Gasteiger partial charge in [0.2, 0.25) is 0 Å². The van der Waals surface area contributed by atoms with E-state index >= 15 is 0 Å². The summed E-state index contributed by atoms with van der Waals surface area (Å²) in [6, 6.07) is 36.9. The van der Waals surface area contributed by atoms with Gasteiger partial charge in [-0.15, -0.1) is 35.7 Å². The maximum Gasteiger partial charge on any atom is 2.00 e. The predicted octanol–water partition coefficient (Wildman–Crippen LogP) is 10.7. The van der Waals surface area contributed by atoms with Crippen LogP contribution in [0.4, 0.5) is 0 Å². The Balaban J connectivity index is 0.00000401. The van der Waals surface area contributed by atoms with Gasteiger partial charge < -0.3 is 9.30 Å². The quantitative estimate of drug-likeness (QED) is 0.144. The normalized spacial score (nSPS) is 12.1. The minimum Gasteiger partial charge on any atom is -0.509 e. The second-order valence-corrected chi connectivity index (χ2v) is 12.9. The number of hydrogen-bond donors (Lipinski definition) is 0. The number of hydrogen-bond acceptors (Lipinski definition) is 3. The zero-order chi connectivity index (χ0) is 32.8. The van der Waals surface area contributed by atoms with Crippen molar-refractivity contribution in [3.63, 3.8) is 0 Å². The van der Waals surface area contributed by atoms with Gasteiger partial charge in [-0.1, -0.05) is 82.1 Å². The van der Waals surface area contributed by atoms with Crippen molar-refractivity contribution < 1.29 is 25.8 Å². The molecule has 48 heavy (non-hydrogen) atoms. The Morgan fingerprint density at radius 3 is 2.33 bits per heavy atom. The maximum absolute atomic E-state index is 6.57. The van der Waals surface area contributed by atoms with E-state index in [0.717, 1.165) is 68.0 Å². The molecule has 0 saturated heterocycles. The molecule has 1 atom stereocenters. The maximum atomic E-state index is 6.57. The number of rotatable bonds is 8. The van der Waals surface area contributed by atoms with Gasteiger partial charge in [-0.25, -0.2) is 4.98 Å². The molecule has 0 radical (unpaired) electrons. The molecule has 6 heteroatoms. The van der Waals surface area contributed by atoms with Crippen molar-refractivity contribution in [3.05, 3.63) is 131 Å². The molecule has 0 spiro atoms. The molecule has 5 nitrogen and oxygen atoms in total. The van der Waals surface area contributed by atoms with Crippen molar-refractivity contribution >= 4 is 21.8 Å². The van der Waals surface area contributed by atoms with Gasteiger partial charge in [-0.3, -0.25) is 4.68 Å². The Hall–Kier alpha value is -4.47. The van der Waals surface area contributed by atoms with Gasteiger partial charge in [0.25, 0.3) is 0 Å². The average Bonchev–Trinajstić information content (AvgIpc) is 3.56. The fraction of sp³-hybridized carbons (Fsp3) is 0.238. The molecular formula is C42H40N4OPt. The van der Waals surface area contributed by atoms with E-state index < -0.39 is 0 Å². The van der Waals surface area contributed by atoms with Crippen molar-refractivity contribution in [1.82, 2.24) is 19.3 Å². The van der Waals surface area contributed by atoms with Crippen molar-refractivity contribution in [2.24, 2.45) is 5.92 Å². The van der Waals surface area contributed by atoms with Crippen LogP contribution in [0.2, 0.25) is 0 Å². The average molecular weight is 812 g/mol. The van der Waals surface area contributed by atoms with Crippen LogP contribution in [-0.4, -0.2) is 19.3 Å². The zero-order valence-electron chi connectivity index (χ0n) is 28.5. The molecule has 7 rings (SSSR count). The van der Waals surface area contributed by atoms with Gasteiger partial charge in [0.05, 0.1) is 5.69 Å². The second-order valence-electron chi connectivity index (χ2n) is 12.9. The Kier molecular flexibility index (Phi) is 9.45. The minimum absolute atomic E-state index is 0. The molecule has 0 bridgehead atoms. The topological polar surface area (TPSA) is 44.9 Å². The van der Waals surface area contributed by atoms with Crippen LogP contribution >= 0.6 is 0 Å². The largest absolute Gasteiger partial charge is 2.00 e. The Labute approximate surface area is 297 Å². The van der Waals surface area contributed by atoms with Crippen LogP contribution in [0.15, 0.2) is 91.1 Å². The summed E-state index contributed by atoms with van der Waals surface area (Å²) in [4.78, 5) is 4.77. The molecule has 0 aliphatic carbocycles. The summed E-state index contributed by atoms with van der Waals surface area (Å²) in [6.07, 6.45) is 2.73. The molecule has 0 N–H and O–H groups in total. The van der Waals surface area contributed by atoms with Crippen LogP contribution in [0, 0.1) is 38.8 Å². The first-order chi connectivity index (χ1) is 22.7. The molecule has 3 heterocycles. The molecule has 1 unspecified atom stereocenters. The predicted molar refractivity (Wildman–Crippen MR) is 192 cm³/mol. The fourth-order valence-corrected chi connectivity index (χ4v) is 6.53. The van der Waals surface area contributed by atoms with E-state index in [1.54, 1.807) is 0 Å². The number of nitrogens with zero attached hydrogens (tertiary/aromatic N) is 4. The Bertz CT molecular complexity index is 2250. The molecule has 0 fully saturated rings. The summed E-state index contributed by atoms with van der Waals surface area (Å²) in [5.74, 6) is 3.11. The molecule has 0 aliphatic rings. The molecule has 7 aromatic rings. The van der Waals surface area contributed by atoms with E-state index in [1.165, 1.54) is 10.9 Å². The summed E-state index contributed by atoms with van der Waals surface area (Å²) in [6.45, 7) is 15.3. The number of benzene rings is 4. The summed E-state index contributed by atoms with van der Waals surface area (Å²) < 4.78 is 10.8. The van der Waals surface area contributed by atoms with Crippen molar-refractivity contribution in [1.29, 1.82) is 0 Å². The van der Waals surface area contributed by atoms with Gasteiger partial charge in [-0.05, 0) is 78.6 Å². The van der Waals surface area contributed by atoms with E-state index in [2.05, 4.69) is 132 Å². The number of aryl methyl sites for hydroxylation is 3. The SMILES string of the molecule is CCc1cc(Oc2[c-]c3c(cc2)c2cc(C(C)C(C)C)ccc2n3-c2cc(C)ccn2)[c-]c(-n2nc(C)c(-c3ccccc3)c2C)c1.[Pt+2]. The molecule has 0 amide bonds. The van der Waals surface area contributed by atoms with E-state index in [0.29, 0.717) is 23.3 Å². The van der Waals surface area contributed by atoms with E-state index in [-0.39, 0.29) is 21.1 Å². The summed E-state index contributed by atoms with van der Waals surface area (Å²) in [7, 11) is 0. The Morgan fingerprint density at radius 2 is 1.60 bits per heavy atom. The summed E-state index contributed by atoms with van der Waals surface area (Å²) in [5, 5.41) is 7.25. The van der Waals surface area contributed by atoms with Crippen LogP contribution < -0.4 is 4.74 Å². The van der Waals surface area contributed by atoms with E-state index in [4.69, 9.17) is 14.8 Å². The zero-order valence-corrected chi connectivity index (χ0v) is 30.8. The van der Waals surface area contributed by atoms with Crippen LogP contribution in [0.5, 0.6) is 11.5 Å². The molecular weight excluding hydrogens is 772 g/mol. The van der Waals surface area contributed by atoms with Gasteiger partial charge >= 0.3 is 21.1 Å². The summed E-state index contributed by atoms with van der Waals surface area (Å²) >= 11 is 0. The van der Waals surface area contributed by atoms with Gasteiger partial charge in [-0.2, -0.15) is 16.7 Å². The van der Waals surface area contributed by atoms with E-state index in [1.807, 2.05) is 29.1 Å². The Morgan fingerprint density at radius 1 is 0.812 bits per heavy atom. The minimum atomic E-state index is 0. The van der Waals surface area contributed by atoms with Gasteiger partial charge in [0.15, 0.2) is 0 Å². The molecule has 0 saturated carbocycles. The standard InChI is InChI=1S/C42H40N4O.Pt/c1-8-31-21-34(46-30(7)42(29(6)44-46)32-12-10-9-11-13-32)24-36(22-31)47-35-15-16-37-38-23-33(28(5)26(2)3)14-17-39(38)45(40(37)25-35)41-20-27(4)18-19-43-41;/h9-23,26,28H,8H2,1-7H3;/q-2;+2. The third-order valence-corrected chi connectivity index (χ3v) is 9.43. The van der Waals surface area contributed by atoms with Crippen molar-refractivity contribution in [2.75, 3.05) is 0 Å². The van der Waals surface area contributed by atoms with Gasteiger partial charge in [0.1, 0.15) is 5.82 Å². The van der Waals surface area contributed by atoms with Crippen LogP contribution in [0.1, 0.15) is 61.7 Å². The van der Waals surface area contributed by atoms with E-state index in [9.17, 15) is 0 Å². The first-order valence-electron chi connectivity index (χ1n) is 16.5. The van der Waals surface area contributed by atoms with Crippen LogP contribution in [-0.2, 0) is 27.5 Å². The smallest absolute Gasteiger partial charge is 0.509 e. The molecule has 3 aromatic heterocycles. The molecule has 244 valence electrons. The monoisotopic (exact) mass is 811 g/mol.